The van der Waals surface area contributed by atoms with Crippen LogP contribution in [0.2, 0.25) is 0 Å². The predicted molar refractivity (Wildman–Crippen MR) is 68.0 cm³/mol. The quantitative estimate of drug-likeness (QED) is 0.806. The van der Waals surface area contributed by atoms with E-state index in [4.69, 9.17) is 5.26 Å². The van der Waals surface area contributed by atoms with Crippen LogP contribution in [0.3, 0.4) is 0 Å². The summed E-state index contributed by atoms with van der Waals surface area (Å²) in [4.78, 5) is 0. The standard InChI is InChI=1S/C13H14N2S/c1-10-12(7-14)9-16-13(8-15-10)11-5-3-2-4-6-11/h2-6,13,15H,8-9H2,1H3. The Morgan fingerprint density at radius 2 is 2.12 bits per heavy atom. The highest BCUT2D eigenvalue weighted by atomic mass is 32.2. The molecule has 1 N–H and O–H groups in total. The van der Waals surface area contributed by atoms with Crippen LogP contribution in [0, 0.1) is 11.3 Å². The highest BCUT2D eigenvalue weighted by Crippen LogP contribution is 2.32. The molecular formula is C13H14N2S. The van der Waals surface area contributed by atoms with E-state index in [0.717, 1.165) is 23.6 Å². The largest absolute Gasteiger partial charge is 0.386 e. The van der Waals surface area contributed by atoms with Crippen molar-refractivity contribution in [2.45, 2.75) is 12.2 Å². The number of allylic oxidation sites excluding steroid dienone is 1. The molecule has 0 amide bonds. The maximum Gasteiger partial charge on any atom is 0.0974 e. The summed E-state index contributed by atoms with van der Waals surface area (Å²) >= 11 is 1.83. The molecular weight excluding hydrogens is 216 g/mol. The van der Waals surface area contributed by atoms with Gasteiger partial charge in [0.15, 0.2) is 0 Å². The summed E-state index contributed by atoms with van der Waals surface area (Å²) in [6.45, 7) is 2.87. The van der Waals surface area contributed by atoms with Gasteiger partial charge in [0.1, 0.15) is 0 Å². The van der Waals surface area contributed by atoms with Gasteiger partial charge in [0, 0.05) is 23.2 Å². The zero-order chi connectivity index (χ0) is 11.4. The van der Waals surface area contributed by atoms with Gasteiger partial charge >= 0.3 is 0 Å². The number of nitrogens with one attached hydrogen (secondary N) is 1. The monoisotopic (exact) mass is 230 g/mol. The third kappa shape index (κ3) is 2.40. The highest BCUT2D eigenvalue weighted by molar-refractivity contribution is 7.99. The first-order chi connectivity index (χ1) is 7.81. The van der Waals surface area contributed by atoms with Crippen molar-refractivity contribution in [1.29, 1.82) is 5.26 Å². The second kappa shape index (κ2) is 5.09. The Hall–Kier alpha value is -1.40. The highest BCUT2D eigenvalue weighted by Gasteiger charge is 2.17. The number of nitrogens with zero attached hydrogens (tertiary/aromatic N) is 1. The summed E-state index contributed by atoms with van der Waals surface area (Å²) in [7, 11) is 0. The van der Waals surface area contributed by atoms with Crippen LogP contribution in [-0.2, 0) is 0 Å². The third-order valence-corrected chi connectivity index (χ3v) is 4.04. The van der Waals surface area contributed by atoms with Crippen LogP contribution in [0.1, 0.15) is 17.7 Å². The molecule has 0 bridgehead atoms. The van der Waals surface area contributed by atoms with Gasteiger partial charge in [-0.3, -0.25) is 0 Å². The van der Waals surface area contributed by atoms with Gasteiger partial charge in [0.05, 0.1) is 11.6 Å². The Morgan fingerprint density at radius 1 is 1.38 bits per heavy atom. The molecule has 0 fully saturated rings. The van der Waals surface area contributed by atoms with Gasteiger partial charge in [-0.25, -0.2) is 0 Å². The lowest BCUT2D eigenvalue weighted by Crippen LogP contribution is -2.16. The van der Waals surface area contributed by atoms with E-state index in [2.05, 4.69) is 35.7 Å². The maximum atomic E-state index is 8.98. The molecule has 0 saturated heterocycles. The van der Waals surface area contributed by atoms with E-state index in [9.17, 15) is 0 Å². The number of nitriles is 1. The fourth-order valence-electron chi connectivity index (χ4n) is 1.70. The SMILES string of the molecule is CC1=C(C#N)CSC(c2ccccc2)CN1. The minimum absolute atomic E-state index is 0.432. The van der Waals surface area contributed by atoms with Gasteiger partial charge in [-0.05, 0) is 12.5 Å². The van der Waals surface area contributed by atoms with Crippen molar-refractivity contribution < 1.29 is 0 Å². The molecule has 1 aromatic rings. The topological polar surface area (TPSA) is 35.8 Å². The molecule has 16 heavy (non-hydrogen) atoms. The van der Waals surface area contributed by atoms with Crippen LogP contribution in [0.25, 0.3) is 0 Å². The Bertz CT molecular complexity index is 431. The summed E-state index contributed by atoms with van der Waals surface area (Å²) in [5.74, 6) is 0.800. The van der Waals surface area contributed by atoms with E-state index in [1.807, 2.05) is 24.8 Å². The molecule has 1 unspecified atom stereocenters. The van der Waals surface area contributed by atoms with E-state index in [-0.39, 0.29) is 0 Å². The lowest BCUT2D eigenvalue weighted by Gasteiger charge is -2.14. The molecule has 0 saturated carbocycles. The van der Waals surface area contributed by atoms with Crippen LogP contribution in [0.15, 0.2) is 41.6 Å². The Morgan fingerprint density at radius 3 is 2.81 bits per heavy atom. The van der Waals surface area contributed by atoms with E-state index in [0.29, 0.717) is 5.25 Å². The third-order valence-electron chi connectivity index (χ3n) is 2.74. The minimum atomic E-state index is 0.432. The number of rotatable bonds is 1. The van der Waals surface area contributed by atoms with E-state index >= 15 is 0 Å². The van der Waals surface area contributed by atoms with E-state index in [1.54, 1.807) is 0 Å². The van der Waals surface area contributed by atoms with E-state index < -0.39 is 0 Å². The van der Waals surface area contributed by atoms with Crippen LogP contribution in [0.5, 0.6) is 0 Å². The van der Waals surface area contributed by atoms with Gasteiger partial charge < -0.3 is 5.32 Å². The van der Waals surface area contributed by atoms with E-state index in [1.165, 1.54) is 5.56 Å². The van der Waals surface area contributed by atoms with Crippen molar-refractivity contribution in [3.8, 4) is 6.07 Å². The average Bonchev–Trinajstić information content (AvgIpc) is 2.52. The fourth-order valence-corrected chi connectivity index (χ4v) is 2.90. The molecule has 82 valence electrons. The van der Waals surface area contributed by atoms with Crippen LogP contribution in [-0.4, -0.2) is 12.3 Å². The van der Waals surface area contributed by atoms with Gasteiger partial charge in [-0.2, -0.15) is 5.26 Å². The molecule has 1 atom stereocenters. The summed E-state index contributed by atoms with van der Waals surface area (Å²) in [6, 6.07) is 12.7. The van der Waals surface area contributed by atoms with Crippen molar-refractivity contribution in [1.82, 2.24) is 5.32 Å². The lowest BCUT2D eigenvalue weighted by atomic mass is 10.1. The van der Waals surface area contributed by atoms with Crippen LogP contribution in [0.4, 0.5) is 0 Å². The van der Waals surface area contributed by atoms with Crippen LogP contribution < -0.4 is 5.32 Å². The first-order valence-electron chi connectivity index (χ1n) is 5.31. The fraction of sp³-hybridized carbons (Fsp3) is 0.308. The minimum Gasteiger partial charge on any atom is -0.386 e. The van der Waals surface area contributed by atoms with Gasteiger partial charge in [0.25, 0.3) is 0 Å². The van der Waals surface area contributed by atoms with Crippen molar-refractivity contribution in [2.75, 3.05) is 12.3 Å². The number of thioether (sulfide) groups is 1. The van der Waals surface area contributed by atoms with Crippen molar-refractivity contribution >= 4 is 11.8 Å². The lowest BCUT2D eigenvalue weighted by molar-refractivity contribution is 0.778. The molecule has 0 radical (unpaired) electrons. The summed E-state index contributed by atoms with van der Waals surface area (Å²) < 4.78 is 0. The second-order valence-corrected chi connectivity index (χ2v) is 5.00. The Labute approximate surface area is 100 Å². The van der Waals surface area contributed by atoms with Gasteiger partial charge in [-0.1, -0.05) is 30.3 Å². The van der Waals surface area contributed by atoms with Crippen molar-refractivity contribution in [3.63, 3.8) is 0 Å². The molecule has 0 aliphatic carbocycles. The van der Waals surface area contributed by atoms with Crippen molar-refractivity contribution in [3.05, 3.63) is 47.2 Å². The molecule has 1 aromatic carbocycles. The summed E-state index contributed by atoms with van der Waals surface area (Å²) in [5.41, 5.74) is 3.21. The van der Waals surface area contributed by atoms with Crippen molar-refractivity contribution in [2.24, 2.45) is 0 Å². The molecule has 1 aliphatic heterocycles. The first-order valence-corrected chi connectivity index (χ1v) is 6.36. The smallest absolute Gasteiger partial charge is 0.0974 e. The number of hydrogen-bond donors (Lipinski definition) is 1. The van der Waals surface area contributed by atoms with Crippen LogP contribution >= 0.6 is 11.8 Å². The Balaban J connectivity index is 2.12. The maximum absolute atomic E-state index is 8.98. The predicted octanol–water partition coefficient (Wildman–Crippen LogP) is 2.86. The normalized spacial score (nSPS) is 20.9. The summed E-state index contributed by atoms with van der Waals surface area (Å²) in [5, 5.41) is 12.7. The van der Waals surface area contributed by atoms with Gasteiger partial charge in [-0.15, -0.1) is 11.8 Å². The molecule has 1 aliphatic rings. The molecule has 3 heteroatoms. The number of hydrogen-bond acceptors (Lipinski definition) is 3. The molecule has 1 heterocycles. The molecule has 2 rings (SSSR count). The second-order valence-electron chi connectivity index (χ2n) is 3.81. The van der Waals surface area contributed by atoms with Gasteiger partial charge in [0.2, 0.25) is 0 Å². The molecule has 0 aromatic heterocycles. The average molecular weight is 230 g/mol. The number of benzene rings is 1. The Kier molecular flexibility index (Phi) is 3.53. The zero-order valence-electron chi connectivity index (χ0n) is 9.23. The molecule has 2 nitrogen and oxygen atoms in total. The molecule has 0 spiro atoms. The zero-order valence-corrected chi connectivity index (χ0v) is 10.1. The first kappa shape index (κ1) is 11.1. The summed E-state index contributed by atoms with van der Waals surface area (Å²) in [6.07, 6.45) is 0.